The molecule has 17 heavy (non-hydrogen) atoms. The largest absolute Gasteiger partial charge is 0.481 e. The van der Waals surface area contributed by atoms with Gasteiger partial charge in [0.05, 0.1) is 11.5 Å². The van der Waals surface area contributed by atoms with Gasteiger partial charge in [-0.05, 0) is 19.3 Å². The molecule has 0 spiro atoms. The minimum atomic E-state index is -0.873. The SMILES string of the molecule is CCC(CNC(=O)C1(N)CCCCC1)C(=O)O. The first-order chi connectivity index (χ1) is 7.99. The fraction of sp³-hybridized carbons (Fsp3) is 0.833. The van der Waals surface area contributed by atoms with Crippen LogP contribution in [0.2, 0.25) is 0 Å². The van der Waals surface area contributed by atoms with Gasteiger partial charge in [0.25, 0.3) is 0 Å². The highest BCUT2D eigenvalue weighted by molar-refractivity contribution is 5.86. The Balaban J connectivity index is 2.45. The molecule has 1 aliphatic rings. The second-order valence-electron chi connectivity index (χ2n) is 4.87. The van der Waals surface area contributed by atoms with Crippen LogP contribution in [0.3, 0.4) is 0 Å². The van der Waals surface area contributed by atoms with Gasteiger partial charge in [0.15, 0.2) is 0 Å². The Hall–Kier alpha value is -1.10. The van der Waals surface area contributed by atoms with Gasteiger partial charge in [0.1, 0.15) is 0 Å². The van der Waals surface area contributed by atoms with Crippen molar-refractivity contribution in [3.63, 3.8) is 0 Å². The van der Waals surface area contributed by atoms with E-state index in [4.69, 9.17) is 10.8 Å². The Morgan fingerprint density at radius 2 is 1.94 bits per heavy atom. The zero-order valence-corrected chi connectivity index (χ0v) is 10.4. The molecule has 4 N–H and O–H groups in total. The third-order valence-electron chi connectivity index (χ3n) is 3.55. The zero-order chi connectivity index (χ0) is 12.9. The Kier molecular flexibility index (Phi) is 4.93. The van der Waals surface area contributed by atoms with E-state index >= 15 is 0 Å². The molecule has 0 radical (unpaired) electrons. The Bertz CT molecular complexity index is 285. The molecule has 98 valence electrons. The number of carboxylic acids is 1. The van der Waals surface area contributed by atoms with Gasteiger partial charge in [-0.1, -0.05) is 26.2 Å². The van der Waals surface area contributed by atoms with E-state index in [9.17, 15) is 9.59 Å². The maximum Gasteiger partial charge on any atom is 0.308 e. The van der Waals surface area contributed by atoms with Crippen molar-refractivity contribution < 1.29 is 14.7 Å². The summed E-state index contributed by atoms with van der Waals surface area (Å²) >= 11 is 0. The number of nitrogens with one attached hydrogen (secondary N) is 1. The van der Waals surface area contributed by atoms with Crippen molar-refractivity contribution in [1.82, 2.24) is 5.32 Å². The van der Waals surface area contributed by atoms with E-state index in [1.54, 1.807) is 6.92 Å². The predicted molar refractivity (Wildman–Crippen MR) is 64.4 cm³/mol. The van der Waals surface area contributed by atoms with E-state index in [2.05, 4.69) is 5.32 Å². The minimum absolute atomic E-state index is 0.170. The number of carboxylic acid groups (broad SMARTS) is 1. The number of carbonyl (C=O) groups is 2. The molecular formula is C12H22N2O3. The molecule has 0 aromatic heterocycles. The van der Waals surface area contributed by atoms with Gasteiger partial charge < -0.3 is 16.2 Å². The topological polar surface area (TPSA) is 92.4 Å². The average Bonchev–Trinajstić information content (AvgIpc) is 2.30. The van der Waals surface area contributed by atoms with Crippen molar-refractivity contribution in [2.45, 2.75) is 51.0 Å². The van der Waals surface area contributed by atoms with Gasteiger partial charge >= 0.3 is 5.97 Å². The van der Waals surface area contributed by atoms with E-state index in [-0.39, 0.29) is 12.5 Å². The maximum absolute atomic E-state index is 11.9. The Morgan fingerprint density at radius 3 is 2.41 bits per heavy atom. The van der Waals surface area contributed by atoms with Crippen molar-refractivity contribution in [1.29, 1.82) is 0 Å². The van der Waals surface area contributed by atoms with Crippen LogP contribution in [0.25, 0.3) is 0 Å². The molecule has 0 aromatic carbocycles. The number of hydrogen-bond acceptors (Lipinski definition) is 3. The van der Waals surface area contributed by atoms with E-state index < -0.39 is 17.4 Å². The summed E-state index contributed by atoms with van der Waals surface area (Å²) < 4.78 is 0. The number of hydrogen-bond donors (Lipinski definition) is 3. The van der Waals surface area contributed by atoms with Crippen LogP contribution in [-0.2, 0) is 9.59 Å². The zero-order valence-electron chi connectivity index (χ0n) is 10.4. The number of nitrogens with two attached hydrogens (primary N) is 1. The summed E-state index contributed by atoms with van der Waals surface area (Å²) in [5, 5.41) is 11.6. The van der Waals surface area contributed by atoms with Crippen molar-refractivity contribution in [3.05, 3.63) is 0 Å². The average molecular weight is 242 g/mol. The summed E-state index contributed by atoms with van der Waals surface area (Å²) in [4.78, 5) is 22.8. The lowest BCUT2D eigenvalue weighted by Crippen LogP contribution is -2.55. The highest BCUT2D eigenvalue weighted by Crippen LogP contribution is 2.25. The van der Waals surface area contributed by atoms with Crippen LogP contribution in [0.15, 0.2) is 0 Å². The molecule has 1 atom stereocenters. The van der Waals surface area contributed by atoms with E-state index in [1.807, 2.05) is 0 Å². The fourth-order valence-corrected chi connectivity index (χ4v) is 2.21. The first-order valence-corrected chi connectivity index (χ1v) is 6.29. The van der Waals surface area contributed by atoms with Gasteiger partial charge in [-0.15, -0.1) is 0 Å². The highest BCUT2D eigenvalue weighted by atomic mass is 16.4. The van der Waals surface area contributed by atoms with Crippen molar-refractivity contribution in [3.8, 4) is 0 Å². The number of rotatable bonds is 5. The molecule has 0 aromatic rings. The van der Waals surface area contributed by atoms with Crippen LogP contribution >= 0.6 is 0 Å². The van der Waals surface area contributed by atoms with Gasteiger partial charge in [0, 0.05) is 6.54 Å². The van der Waals surface area contributed by atoms with Crippen LogP contribution in [0.4, 0.5) is 0 Å². The van der Waals surface area contributed by atoms with Gasteiger partial charge in [-0.3, -0.25) is 9.59 Å². The van der Waals surface area contributed by atoms with Crippen LogP contribution < -0.4 is 11.1 Å². The standard InChI is InChI=1S/C12H22N2O3/c1-2-9(10(15)16)8-14-11(17)12(13)6-4-3-5-7-12/h9H,2-8,13H2,1H3,(H,14,17)(H,15,16). The first kappa shape index (κ1) is 14.0. The second-order valence-corrected chi connectivity index (χ2v) is 4.87. The Morgan fingerprint density at radius 1 is 1.35 bits per heavy atom. The van der Waals surface area contributed by atoms with Crippen LogP contribution in [-0.4, -0.2) is 29.1 Å². The summed E-state index contributed by atoms with van der Waals surface area (Å²) in [5.41, 5.74) is 5.26. The summed E-state index contributed by atoms with van der Waals surface area (Å²) in [6, 6.07) is 0. The molecule has 0 heterocycles. The highest BCUT2D eigenvalue weighted by Gasteiger charge is 2.35. The molecule has 0 saturated heterocycles. The molecule has 1 amide bonds. The molecule has 5 heteroatoms. The molecule has 0 aliphatic heterocycles. The number of amides is 1. The van der Waals surface area contributed by atoms with E-state index in [1.165, 1.54) is 0 Å². The van der Waals surface area contributed by atoms with Crippen LogP contribution in [0.5, 0.6) is 0 Å². The van der Waals surface area contributed by atoms with Crippen LogP contribution in [0.1, 0.15) is 45.4 Å². The minimum Gasteiger partial charge on any atom is -0.481 e. The van der Waals surface area contributed by atoms with Gasteiger partial charge in [-0.25, -0.2) is 0 Å². The quantitative estimate of drug-likeness (QED) is 0.667. The molecule has 1 rings (SSSR count). The Labute approximate surface area is 102 Å². The van der Waals surface area contributed by atoms with E-state index in [0.717, 1.165) is 19.3 Å². The lowest BCUT2D eigenvalue weighted by molar-refractivity contribution is -0.141. The maximum atomic E-state index is 11.9. The molecule has 5 nitrogen and oxygen atoms in total. The summed E-state index contributed by atoms with van der Waals surface area (Å²) in [5.74, 6) is -1.59. The van der Waals surface area contributed by atoms with Gasteiger partial charge in [0.2, 0.25) is 5.91 Å². The normalized spacial score (nSPS) is 20.6. The van der Waals surface area contributed by atoms with Crippen molar-refractivity contribution in [2.75, 3.05) is 6.54 Å². The molecule has 1 aliphatic carbocycles. The lowest BCUT2D eigenvalue weighted by Gasteiger charge is -2.32. The van der Waals surface area contributed by atoms with Crippen molar-refractivity contribution >= 4 is 11.9 Å². The van der Waals surface area contributed by atoms with Gasteiger partial charge in [-0.2, -0.15) is 0 Å². The third-order valence-corrected chi connectivity index (χ3v) is 3.55. The summed E-state index contributed by atoms with van der Waals surface area (Å²) in [6.07, 6.45) is 4.97. The molecule has 1 saturated carbocycles. The number of aliphatic carboxylic acids is 1. The second kappa shape index (κ2) is 6.00. The molecule has 0 bridgehead atoms. The predicted octanol–water partition coefficient (Wildman–Crippen LogP) is 0.875. The lowest BCUT2D eigenvalue weighted by atomic mass is 9.82. The smallest absolute Gasteiger partial charge is 0.308 e. The molecule has 1 unspecified atom stereocenters. The van der Waals surface area contributed by atoms with Crippen molar-refractivity contribution in [2.24, 2.45) is 11.7 Å². The molecule has 1 fully saturated rings. The first-order valence-electron chi connectivity index (χ1n) is 6.29. The summed E-state index contributed by atoms with van der Waals surface area (Å²) in [6.45, 7) is 1.97. The monoisotopic (exact) mass is 242 g/mol. The van der Waals surface area contributed by atoms with E-state index in [0.29, 0.717) is 19.3 Å². The molecular weight excluding hydrogens is 220 g/mol. The van der Waals surface area contributed by atoms with Crippen LogP contribution in [0, 0.1) is 5.92 Å². The fourth-order valence-electron chi connectivity index (χ4n) is 2.21. The third kappa shape index (κ3) is 3.70. The summed E-state index contributed by atoms with van der Waals surface area (Å²) in [7, 11) is 0. The number of carbonyl (C=O) groups excluding carboxylic acids is 1.